The quantitative estimate of drug-likeness (QED) is 0.756. The van der Waals surface area contributed by atoms with E-state index >= 15 is 0 Å². The molecule has 0 aliphatic heterocycles. The van der Waals surface area contributed by atoms with Crippen molar-refractivity contribution in [1.82, 2.24) is 4.90 Å². The van der Waals surface area contributed by atoms with Gasteiger partial charge in [-0.1, -0.05) is 6.42 Å². The monoisotopic (exact) mass is 254 g/mol. The average Bonchev–Trinajstić information content (AvgIpc) is 2.68. The molecule has 2 aliphatic rings. The molecule has 2 N–H and O–H groups in total. The summed E-state index contributed by atoms with van der Waals surface area (Å²) in [7, 11) is 2.17. The molecule has 0 saturated heterocycles. The summed E-state index contributed by atoms with van der Waals surface area (Å²) in [5.74, 6) is 0.648. The number of nitrogens with two attached hydrogens (primary N) is 1. The number of esters is 1. The van der Waals surface area contributed by atoms with E-state index in [0.29, 0.717) is 12.6 Å². The molecule has 4 nitrogen and oxygen atoms in total. The topological polar surface area (TPSA) is 55.6 Å². The lowest BCUT2D eigenvalue weighted by Crippen LogP contribution is -2.48. The third-order valence-electron chi connectivity index (χ3n) is 4.60. The standard InChI is InChI=1S/C14H26N2O2/c1-3-18-13(17)14(15)8-7-12(9-14)16(2)10-11-5-4-6-11/h11-12H,3-10,15H2,1-2H3. The van der Waals surface area contributed by atoms with Gasteiger partial charge in [-0.05, 0) is 52.0 Å². The summed E-state index contributed by atoms with van der Waals surface area (Å²) >= 11 is 0. The minimum Gasteiger partial charge on any atom is -0.465 e. The highest BCUT2D eigenvalue weighted by atomic mass is 16.5. The molecule has 0 heterocycles. The Balaban J connectivity index is 1.84. The molecule has 4 heteroatoms. The summed E-state index contributed by atoms with van der Waals surface area (Å²) in [5, 5.41) is 0. The zero-order chi connectivity index (χ0) is 13.2. The van der Waals surface area contributed by atoms with Crippen LogP contribution in [0.25, 0.3) is 0 Å². The van der Waals surface area contributed by atoms with Crippen LogP contribution in [0.3, 0.4) is 0 Å². The highest BCUT2D eigenvalue weighted by Gasteiger charge is 2.44. The van der Waals surface area contributed by atoms with E-state index in [2.05, 4.69) is 11.9 Å². The van der Waals surface area contributed by atoms with Crippen LogP contribution in [0, 0.1) is 5.92 Å². The van der Waals surface area contributed by atoms with E-state index < -0.39 is 5.54 Å². The van der Waals surface area contributed by atoms with Crippen LogP contribution >= 0.6 is 0 Å². The second-order valence-corrected chi connectivity index (χ2v) is 6.01. The van der Waals surface area contributed by atoms with Crippen molar-refractivity contribution in [2.24, 2.45) is 11.7 Å². The number of carbonyl (C=O) groups is 1. The average molecular weight is 254 g/mol. The number of rotatable bonds is 5. The Bertz CT molecular complexity index is 304. The largest absolute Gasteiger partial charge is 0.465 e. The number of hydrogen-bond acceptors (Lipinski definition) is 4. The van der Waals surface area contributed by atoms with Crippen LogP contribution in [-0.4, -0.2) is 42.6 Å². The first-order valence-corrected chi connectivity index (χ1v) is 7.21. The van der Waals surface area contributed by atoms with Crippen LogP contribution in [0.4, 0.5) is 0 Å². The Morgan fingerprint density at radius 2 is 2.17 bits per heavy atom. The molecule has 2 aliphatic carbocycles. The van der Waals surface area contributed by atoms with Crippen LogP contribution in [0.1, 0.15) is 45.4 Å². The van der Waals surface area contributed by atoms with E-state index in [0.717, 1.165) is 31.7 Å². The van der Waals surface area contributed by atoms with Crippen molar-refractivity contribution in [3.05, 3.63) is 0 Å². The molecule has 104 valence electrons. The summed E-state index contributed by atoms with van der Waals surface area (Å²) in [4.78, 5) is 14.3. The van der Waals surface area contributed by atoms with E-state index in [9.17, 15) is 4.79 Å². The maximum atomic E-state index is 11.9. The summed E-state index contributed by atoms with van der Waals surface area (Å²) in [6.07, 6.45) is 6.62. The first-order valence-electron chi connectivity index (χ1n) is 7.21. The van der Waals surface area contributed by atoms with Crippen LogP contribution in [0.5, 0.6) is 0 Å². The third-order valence-corrected chi connectivity index (χ3v) is 4.60. The molecule has 0 amide bonds. The Kier molecular flexibility index (Phi) is 4.28. The lowest BCUT2D eigenvalue weighted by atomic mass is 9.85. The second kappa shape index (κ2) is 5.57. The van der Waals surface area contributed by atoms with E-state index in [4.69, 9.17) is 10.5 Å². The molecule has 0 bridgehead atoms. The molecule has 18 heavy (non-hydrogen) atoms. The van der Waals surface area contributed by atoms with Gasteiger partial charge in [-0.3, -0.25) is 4.79 Å². The Labute approximate surface area is 110 Å². The lowest BCUT2D eigenvalue weighted by Gasteiger charge is -2.33. The molecular weight excluding hydrogens is 228 g/mol. The fraction of sp³-hybridized carbons (Fsp3) is 0.929. The SMILES string of the molecule is CCOC(=O)C1(N)CCC(N(C)CC2CCC2)C1. The second-order valence-electron chi connectivity index (χ2n) is 6.01. The fourth-order valence-corrected chi connectivity index (χ4v) is 3.12. The van der Waals surface area contributed by atoms with Gasteiger partial charge in [-0.2, -0.15) is 0 Å². The smallest absolute Gasteiger partial charge is 0.326 e. The minimum atomic E-state index is -0.742. The van der Waals surface area contributed by atoms with Gasteiger partial charge in [0.1, 0.15) is 5.54 Å². The van der Waals surface area contributed by atoms with Gasteiger partial charge in [-0.25, -0.2) is 0 Å². The predicted molar refractivity (Wildman–Crippen MR) is 71.2 cm³/mol. The molecule has 0 spiro atoms. The van der Waals surface area contributed by atoms with Gasteiger partial charge >= 0.3 is 5.97 Å². The van der Waals surface area contributed by atoms with Crippen LogP contribution < -0.4 is 5.73 Å². The van der Waals surface area contributed by atoms with Crippen molar-refractivity contribution in [2.75, 3.05) is 20.2 Å². The molecule has 0 aromatic heterocycles. The molecule has 2 unspecified atom stereocenters. The van der Waals surface area contributed by atoms with E-state index in [1.54, 1.807) is 0 Å². The summed E-state index contributed by atoms with van der Waals surface area (Å²) in [6.45, 7) is 3.40. The zero-order valence-electron chi connectivity index (χ0n) is 11.7. The number of ether oxygens (including phenoxy) is 1. The molecular formula is C14H26N2O2. The molecule has 0 radical (unpaired) electrons. The van der Waals surface area contributed by atoms with Crippen molar-refractivity contribution >= 4 is 5.97 Å². The van der Waals surface area contributed by atoms with Gasteiger partial charge in [0.05, 0.1) is 6.61 Å². The van der Waals surface area contributed by atoms with Gasteiger partial charge in [-0.15, -0.1) is 0 Å². The summed E-state index contributed by atoms with van der Waals surface area (Å²) in [6, 6.07) is 0.444. The molecule has 2 atom stereocenters. The normalized spacial score (nSPS) is 32.6. The zero-order valence-corrected chi connectivity index (χ0v) is 11.7. The van der Waals surface area contributed by atoms with Crippen molar-refractivity contribution in [3.8, 4) is 0 Å². The maximum absolute atomic E-state index is 11.9. The first-order chi connectivity index (χ1) is 8.55. The molecule has 0 aromatic rings. The van der Waals surface area contributed by atoms with Crippen molar-refractivity contribution in [2.45, 2.75) is 57.0 Å². The van der Waals surface area contributed by atoms with Crippen LogP contribution in [-0.2, 0) is 9.53 Å². The molecule has 2 fully saturated rings. The number of nitrogens with zero attached hydrogens (tertiary/aromatic N) is 1. The fourth-order valence-electron chi connectivity index (χ4n) is 3.12. The van der Waals surface area contributed by atoms with Gasteiger partial charge in [0, 0.05) is 12.6 Å². The third kappa shape index (κ3) is 2.86. The predicted octanol–water partition coefficient (Wildman–Crippen LogP) is 1.53. The Morgan fingerprint density at radius 1 is 1.44 bits per heavy atom. The van der Waals surface area contributed by atoms with Crippen LogP contribution in [0.2, 0.25) is 0 Å². The lowest BCUT2D eigenvalue weighted by molar-refractivity contribution is -0.149. The maximum Gasteiger partial charge on any atom is 0.326 e. The van der Waals surface area contributed by atoms with Gasteiger partial charge in [0.2, 0.25) is 0 Å². The summed E-state index contributed by atoms with van der Waals surface area (Å²) < 4.78 is 5.09. The van der Waals surface area contributed by atoms with Crippen LogP contribution in [0.15, 0.2) is 0 Å². The van der Waals surface area contributed by atoms with Crippen molar-refractivity contribution < 1.29 is 9.53 Å². The molecule has 0 aromatic carbocycles. The van der Waals surface area contributed by atoms with E-state index in [-0.39, 0.29) is 5.97 Å². The van der Waals surface area contributed by atoms with Crippen molar-refractivity contribution in [3.63, 3.8) is 0 Å². The minimum absolute atomic E-state index is 0.218. The first kappa shape index (κ1) is 13.8. The highest BCUT2D eigenvalue weighted by Crippen LogP contribution is 2.34. The van der Waals surface area contributed by atoms with Gasteiger partial charge in [0.25, 0.3) is 0 Å². The van der Waals surface area contributed by atoms with E-state index in [1.807, 2.05) is 6.92 Å². The summed E-state index contributed by atoms with van der Waals surface area (Å²) in [5.41, 5.74) is 5.45. The highest BCUT2D eigenvalue weighted by molar-refractivity contribution is 5.81. The Hall–Kier alpha value is -0.610. The van der Waals surface area contributed by atoms with Gasteiger partial charge in [0.15, 0.2) is 0 Å². The number of hydrogen-bond donors (Lipinski definition) is 1. The molecule has 2 rings (SSSR count). The Morgan fingerprint density at radius 3 is 2.72 bits per heavy atom. The number of carbonyl (C=O) groups excluding carboxylic acids is 1. The van der Waals surface area contributed by atoms with Gasteiger partial charge < -0.3 is 15.4 Å². The molecule has 2 saturated carbocycles. The van der Waals surface area contributed by atoms with Crippen molar-refractivity contribution in [1.29, 1.82) is 0 Å². The van der Waals surface area contributed by atoms with E-state index in [1.165, 1.54) is 19.3 Å².